The fourth-order valence-corrected chi connectivity index (χ4v) is 2.76. The van der Waals surface area contributed by atoms with E-state index in [2.05, 4.69) is 37.0 Å². The van der Waals surface area contributed by atoms with Crippen LogP contribution in [0.4, 0.5) is 5.82 Å². The molecule has 0 spiro atoms. The second-order valence-corrected chi connectivity index (χ2v) is 5.10. The molecule has 0 unspecified atom stereocenters. The Labute approximate surface area is 131 Å². The number of rotatable bonds is 3. The summed E-state index contributed by atoms with van der Waals surface area (Å²) in [5.74, 6) is 0.857. The molecule has 3 heterocycles. The van der Waals surface area contributed by atoms with E-state index < -0.39 is 0 Å². The van der Waals surface area contributed by atoms with Crippen LogP contribution in [0.15, 0.2) is 47.4 Å². The molecule has 7 heteroatoms. The summed E-state index contributed by atoms with van der Waals surface area (Å²) in [6.07, 6.45) is 3.58. The minimum absolute atomic E-state index is 0.226. The van der Waals surface area contributed by atoms with E-state index in [9.17, 15) is 0 Å². The van der Waals surface area contributed by atoms with Gasteiger partial charge in [-0.15, -0.1) is 0 Å². The van der Waals surface area contributed by atoms with Crippen molar-refractivity contribution < 1.29 is 4.63 Å². The number of fused-ring (bicyclic) bond motifs is 1. The van der Waals surface area contributed by atoms with Crippen molar-refractivity contribution in [3.8, 4) is 22.6 Å². The fourth-order valence-electron chi connectivity index (χ4n) is 2.76. The van der Waals surface area contributed by atoms with Crippen molar-refractivity contribution in [1.29, 1.82) is 0 Å². The van der Waals surface area contributed by atoms with E-state index in [0.29, 0.717) is 18.1 Å². The number of nitrogen functional groups attached to an aromatic ring is 1. The summed E-state index contributed by atoms with van der Waals surface area (Å²) < 4.78 is 6.77. The van der Waals surface area contributed by atoms with Gasteiger partial charge in [0.1, 0.15) is 5.52 Å². The third-order valence-corrected chi connectivity index (χ3v) is 3.78. The van der Waals surface area contributed by atoms with Crippen LogP contribution in [0.2, 0.25) is 0 Å². The van der Waals surface area contributed by atoms with Crippen molar-refractivity contribution in [3.63, 3.8) is 0 Å². The van der Waals surface area contributed by atoms with Crippen molar-refractivity contribution in [2.24, 2.45) is 0 Å². The summed E-state index contributed by atoms with van der Waals surface area (Å²) in [6.45, 7) is 2.76. The molecule has 0 bridgehead atoms. The van der Waals surface area contributed by atoms with Crippen LogP contribution in [-0.4, -0.2) is 24.8 Å². The first-order valence-corrected chi connectivity index (χ1v) is 7.27. The zero-order chi connectivity index (χ0) is 15.8. The van der Waals surface area contributed by atoms with Crippen LogP contribution in [0.1, 0.15) is 6.92 Å². The number of benzene rings is 1. The van der Waals surface area contributed by atoms with E-state index in [1.54, 1.807) is 6.20 Å². The van der Waals surface area contributed by atoms with E-state index in [0.717, 1.165) is 22.2 Å². The SMILES string of the molecule is CCn1c(-c2nonc2N)nc2cncc(-c3ccccc3)c21. The van der Waals surface area contributed by atoms with Gasteiger partial charge >= 0.3 is 0 Å². The van der Waals surface area contributed by atoms with Gasteiger partial charge < -0.3 is 10.3 Å². The van der Waals surface area contributed by atoms with Gasteiger partial charge in [0.05, 0.1) is 11.7 Å². The third kappa shape index (κ3) is 2.05. The van der Waals surface area contributed by atoms with Crippen LogP contribution in [0.25, 0.3) is 33.7 Å². The lowest BCUT2D eigenvalue weighted by Crippen LogP contribution is -2.01. The number of nitrogens with two attached hydrogens (primary N) is 1. The maximum Gasteiger partial charge on any atom is 0.199 e. The molecule has 4 rings (SSSR count). The lowest BCUT2D eigenvalue weighted by molar-refractivity contribution is 0.310. The van der Waals surface area contributed by atoms with Crippen LogP contribution < -0.4 is 5.73 Å². The standard InChI is InChI=1S/C16H14N6O/c1-2-22-14-11(10-6-4-3-5-7-10)8-18-9-12(14)19-16(22)13-15(17)21-23-20-13/h3-9H,2H2,1H3,(H2,17,21). The normalized spacial score (nSPS) is 11.2. The number of hydrogen-bond donors (Lipinski definition) is 1. The van der Waals surface area contributed by atoms with E-state index in [1.165, 1.54) is 0 Å². The third-order valence-electron chi connectivity index (χ3n) is 3.78. The van der Waals surface area contributed by atoms with Gasteiger partial charge in [-0.2, -0.15) is 0 Å². The minimum Gasteiger partial charge on any atom is -0.379 e. The topological polar surface area (TPSA) is 95.7 Å². The molecule has 0 aliphatic carbocycles. The summed E-state index contributed by atoms with van der Waals surface area (Å²) >= 11 is 0. The van der Waals surface area contributed by atoms with Crippen LogP contribution in [0.3, 0.4) is 0 Å². The molecule has 0 amide bonds. The number of imidazole rings is 1. The first kappa shape index (κ1) is 13.4. The number of aryl methyl sites for hydroxylation is 1. The molecule has 0 fully saturated rings. The maximum atomic E-state index is 5.83. The summed E-state index contributed by atoms with van der Waals surface area (Å²) in [5.41, 5.74) is 10.1. The Balaban J connectivity index is 2.05. The highest BCUT2D eigenvalue weighted by molar-refractivity contribution is 5.93. The Kier molecular flexibility index (Phi) is 3.04. The van der Waals surface area contributed by atoms with Crippen molar-refractivity contribution in [1.82, 2.24) is 24.8 Å². The summed E-state index contributed by atoms with van der Waals surface area (Å²) in [7, 11) is 0. The summed E-state index contributed by atoms with van der Waals surface area (Å²) in [5, 5.41) is 7.52. The van der Waals surface area contributed by atoms with Gasteiger partial charge in [-0.1, -0.05) is 30.3 Å². The summed E-state index contributed by atoms with van der Waals surface area (Å²) in [4.78, 5) is 8.95. The van der Waals surface area contributed by atoms with Gasteiger partial charge in [0.2, 0.25) is 0 Å². The van der Waals surface area contributed by atoms with Crippen LogP contribution in [-0.2, 0) is 6.54 Å². The molecule has 0 atom stereocenters. The Bertz CT molecular complexity index is 973. The van der Waals surface area contributed by atoms with Gasteiger partial charge in [-0.25, -0.2) is 9.61 Å². The molecule has 0 aliphatic heterocycles. The molecule has 0 saturated carbocycles. The number of pyridine rings is 1. The highest BCUT2D eigenvalue weighted by Crippen LogP contribution is 2.32. The molecule has 1 aromatic carbocycles. The molecule has 7 nitrogen and oxygen atoms in total. The molecule has 0 saturated heterocycles. The Hall–Kier alpha value is -3.22. The van der Waals surface area contributed by atoms with E-state index in [4.69, 9.17) is 10.4 Å². The summed E-state index contributed by atoms with van der Waals surface area (Å²) in [6, 6.07) is 10.1. The quantitative estimate of drug-likeness (QED) is 0.625. The predicted molar refractivity (Wildman–Crippen MR) is 86.3 cm³/mol. The smallest absolute Gasteiger partial charge is 0.199 e. The fraction of sp³-hybridized carbons (Fsp3) is 0.125. The molecule has 3 aromatic heterocycles. The first-order chi connectivity index (χ1) is 11.3. The average molecular weight is 306 g/mol. The van der Waals surface area contributed by atoms with E-state index in [-0.39, 0.29) is 5.82 Å². The van der Waals surface area contributed by atoms with Crippen molar-refractivity contribution in [2.45, 2.75) is 13.5 Å². The van der Waals surface area contributed by atoms with Crippen molar-refractivity contribution in [3.05, 3.63) is 42.7 Å². The Morgan fingerprint density at radius 2 is 1.96 bits per heavy atom. The molecule has 114 valence electrons. The number of hydrogen-bond acceptors (Lipinski definition) is 6. The van der Waals surface area contributed by atoms with Gasteiger partial charge in [0.15, 0.2) is 17.3 Å². The zero-order valence-electron chi connectivity index (χ0n) is 12.5. The molecule has 4 aromatic rings. The predicted octanol–water partition coefficient (Wildman–Crippen LogP) is 2.75. The first-order valence-electron chi connectivity index (χ1n) is 7.27. The van der Waals surface area contributed by atoms with Gasteiger partial charge in [-0.05, 0) is 22.8 Å². The van der Waals surface area contributed by atoms with Gasteiger partial charge in [0.25, 0.3) is 0 Å². The average Bonchev–Trinajstić information content (AvgIpc) is 3.17. The largest absolute Gasteiger partial charge is 0.379 e. The van der Waals surface area contributed by atoms with Crippen LogP contribution in [0, 0.1) is 0 Å². The molecular formula is C16H14N6O. The molecular weight excluding hydrogens is 292 g/mol. The second-order valence-electron chi connectivity index (χ2n) is 5.10. The zero-order valence-corrected chi connectivity index (χ0v) is 12.5. The van der Waals surface area contributed by atoms with Crippen molar-refractivity contribution >= 4 is 16.9 Å². The monoisotopic (exact) mass is 306 g/mol. The van der Waals surface area contributed by atoms with Crippen LogP contribution in [0.5, 0.6) is 0 Å². The number of anilines is 1. The number of aromatic nitrogens is 5. The second kappa shape index (κ2) is 5.20. The highest BCUT2D eigenvalue weighted by Gasteiger charge is 2.20. The molecule has 23 heavy (non-hydrogen) atoms. The van der Waals surface area contributed by atoms with E-state index >= 15 is 0 Å². The molecule has 0 aliphatic rings. The molecule has 2 N–H and O–H groups in total. The highest BCUT2D eigenvalue weighted by atomic mass is 16.6. The van der Waals surface area contributed by atoms with Gasteiger partial charge in [-0.3, -0.25) is 4.98 Å². The van der Waals surface area contributed by atoms with Crippen LogP contribution >= 0.6 is 0 Å². The Morgan fingerprint density at radius 1 is 1.13 bits per heavy atom. The molecule has 0 radical (unpaired) electrons. The maximum absolute atomic E-state index is 5.83. The van der Waals surface area contributed by atoms with Gasteiger partial charge in [0, 0.05) is 18.3 Å². The number of nitrogens with zero attached hydrogens (tertiary/aromatic N) is 5. The van der Waals surface area contributed by atoms with E-state index in [1.807, 2.05) is 31.3 Å². The lowest BCUT2D eigenvalue weighted by Gasteiger charge is -2.08. The van der Waals surface area contributed by atoms with Crippen molar-refractivity contribution in [2.75, 3.05) is 5.73 Å². The minimum atomic E-state index is 0.226. The lowest BCUT2D eigenvalue weighted by atomic mass is 10.1. The Morgan fingerprint density at radius 3 is 2.65 bits per heavy atom.